The van der Waals surface area contributed by atoms with Crippen LogP contribution in [0.5, 0.6) is 0 Å². The van der Waals surface area contributed by atoms with Crippen LogP contribution in [0.25, 0.3) is 0 Å². The summed E-state index contributed by atoms with van der Waals surface area (Å²) in [6, 6.07) is 3.00. The van der Waals surface area contributed by atoms with Gasteiger partial charge in [0.15, 0.2) is 0 Å². The van der Waals surface area contributed by atoms with Gasteiger partial charge in [-0.1, -0.05) is 23.2 Å². The van der Waals surface area contributed by atoms with E-state index in [-0.39, 0.29) is 10.6 Å². The summed E-state index contributed by atoms with van der Waals surface area (Å²) < 4.78 is 0. The maximum absolute atomic E-state index is 10.9. The number of anilines is 1. The second kappa shape index (κ2) is 3.85. The van der Waals surface area contributed by atoms with Crippen molar-refractivity contribution in [1.82, 2.24) is 0 Å². The number of hydrogen-bond donors (Lipinski definition) is 2. The van der Waals surface area contributed by atoms with Crippen LogP contribution in [0.4, 0.5) is 5.69 Å². The van der Waals surface area contributed by atoms with Crippen molar-refractivity contribution in [3.63, 3.8) is 0 Å². The van der Waals surface area contributed by atoms with Gasteiger partial charge in [-0.15, -0.1) is 0 Å². The van der Waals surface area contributed by atoms with E-state index in [1.165, 1.54) is 12.1 Å². The quantitative estimate of drug-likeness (QED) is 0.800. The van der Waals surface area contributed by atoms with E-state index in [9.17, 15) is 4.79 Å². The largest absolute Gasteiger partial charge is 0.387 e. The van der Waals surface area contributed by atoms with Gasteiger partial charge >= 0.3 is 0 Å². The summed E-state index contributed by atoms with van der Waals surface area (Å²) in [7, 11) is 1.69. The minimum atomic E-state index is -0.571. The molecule has 70 valence electrons. The van der Waals surface area contributed by atoms with Crippen LogP contribution in [-0.4, -0.2) is 13.0 Å². The lowest BCUT2D eigenvalue weighted by Crippen LogP contribution is -2.12. The summed E-state index contributed by atoms with van der Waals surface area (Å²) in [6.07, 6.45) is 0. The zero-order valence-corrected chi connectivity index (χ0v) is 8.41. The van der Waals surface area contributed by atoms with Gasteiger partial charge in [-0.2, -0.15) is 0 Å². The molecule has 1 aromatic carbocycles. The van der Waals surface area contributed by atoms with E-state index < -0.39 is 5.91 Å². The van der Waals surface area contributed by atoms with E-state index in [1.54, 1.807) is 7.05 Å². The number of nitrogens with two attached hydrogens (primary N) is 1. The third-order valence-corrected chi connectivity index (χ3v) is 2.22. The predicted molar refractivity (Wildman–Crippen MR) is 54.5 cm³/mol. The first kappa shape index (κ1) is 10.2. The second-order valence-corrected chi connectivity index (χ2v) is 3.24. The first-order chi connectivity index (χ1) is 6.06. The van der Waals surface area contributed by atoms with Gasteiger partial charge in [0.25, 0.3) is 0 Å². The van der Waals surface area contributed by atoms with Crippen LogP contribution >= 0.6 is 23.2 Å². The lowest BCUT2D eigenvalue weighted by Gasteiger charge is -2.06. The fourth-order valence-electron chi connectivity index (χ4n) is 0.929. The molecule has 1 amide bonds. The molecule has 0 aromatic heterocycles. The third kappa shape index (κ3) is 2.05. The molecule has 0 spiro atoms. The first-order valence-corrected chi connectivity index (χ1v) is 4.28. The molecule has 0 radical (unpaired) electrons. The Morgan fingerprint density at radius 1 is 1.38 bits per heavy atom. The van der Waals surface area contributed by atoms with Crippen LogP contribution in [0.2, 0.25) is 10.0 Å². The number of halogens is 2. The maximum atomic E-state index is 10.9. The van der Waals surface area contributed by atoms with Gasteiger partial charge in [0.1, 0.15) is 0 Å². The molecule has 1 aromatic rings. The molecule has 1 rings (SSSR count). The van der Waals surface area contributed by atoms with Crippen molar-refractivity contribution in [2.45, 2.75) is 0 Å². The van der Waals surface area contributed by atoms with Crippen LogP contribution in [0.15, 0.2) is 12.1 Å². The standard InChI is InChI=1S/C8H8Cl2N2O/c1-12-7-2-4(8(11)13)5(9)3-6(7)10/h2-3,12H,1H3,(H2,11,13). The Kier molecular flexibility index (Phi) is 3.01. The fraction of sp³-hybridized carbons (Fsp3) is 0.125. The first-order valence-electron chi connectivity index (χ1n) is 3.53. The molecule has 0 heterocycles. The summed E-state index contributed by atoms with van der Waals surface area (Å²) in [5.74, 6) is -0.571. The lowest BCUT2D eigenvalue weighted by molar-refractivity contribution is 0.100. The smallest absolute Gasteiger partial charge is 0.250 e. The minimum absolute atomic E-state index is 0.260. The Bertz CT molecular complexity index is 352. The van der Waals surface area contributed by atoms with Crippen molar-refractivity contribution in [2.24, 2.45) is 5.73 Å². The van der Waals surface area contributed by atoms with Crippen molar-refractivity contribution in [2.75, 3.05) is 12.4 Å². The molecule has 5 heteroatoms. The predicted octanol–water partition coefficient (Wildman–Crippen LogP) is 2.13. The SMILES string of the molecule is CNc1cc(C(N)=O)c(Cl)cc1Cl. The van der Waals surface area contributed by atoms with Crippen LogP contribution in [-0.2, 0) is 0 Å². The Morgan fingerprint density at radius 2 is 2.00 bits per heavy atom. The highest BCUT2D eigenvalue weighted by Gasteiger charge is 2.10. The molecule has 0 aliphatic carbocycles. The molecule has 0 atom stereocenters. The van der Waals surface area contributed by atoms with E-state index in [4.69, 9.17) is 28.9 Å². The fourth-order valence-corrected chi connectivity index (χ4v) is 1.50. The van der Waals surface area contributed by atoms with Gasteiger partial charge in [-0.05, 0) is 12.1 Å². The highest BCUT2D eigenvalue weighted by atomic mass is 35.5. The summed E-state index contributed by atoms with van der Waals surface area (Å²) in [6.45, 7) is 0. The number of primary amides is 1. The lowest BCUT2D eigenvalue weighted by atomic mass is 10.2. The number of carbonyl (C=O) groups is 1. The Labute approximate surface area is 85.8 Å². The number of benzene rings is 1. The van der Waals surface area contributed by atoms with Crippen molar-refractivity contribution in [3.8, 4) is 0 Å². The van der Waals surface area contributed by atoms with E-state index in [1.807, 2.05) is 0 Å². The average Bonchev–Trinajstić information content (AvgIpc) is 2.03. The molecule has 3 nitrogen and oxygen atoms in total. The average molecular weight is 219 g/mol. The van der Waals surface area contributed by atoms with Gasteiger partial charge in [-0.25, -0.2) is 0 Å². The highest BCUT2D eigenvalue weighted by Crippen LogP contribution is 2.28. The molecular formula is C8H8Cl2N2O. The van der Waals surface area contributed by atoms with Crippen molar-refractivity contribution in [1.29, 1.82) is 0 Å². The summed E-state index contributed by atoms with van der Waals surface area (Å²) in [5.41, 5.74) is 5.98. The normalized spacial score (nSPS) is 9.77. The minimum Gasteiger partial charge on any atom is -0.387 e. The number of amides is 1. The molecule has 0 fully saturated rings. The molecule has 3 N–H and O–H groups in total. The van der Waals surface area contributed by atoms with Gasteiger partial charge < -0.3 is 11.1 Å². The van der Waals surface area contributed by atoms with E-state index in [2.05, 4.69) is 5.32 Å². The number of nitrogens with one attached hydrogen (secondary N) is 1. The summed E-state index contributed by atoms with van der Waals surface area (Å²) in [4.78, 5) is 10.9. The molecule has 0 aliphatic heterocycles. The van der Waals surface area contributed by atoms with Crippen LogP contribution < -0.4 is 11.1 Å². The molecule has 0 saturated heterocycles. The zero-order chi connectivity index (χ0) is 10.0. The van der Waals surface area contributed by atoms with Crippen molar-refractivity contribution in [3.05, 3.63) is 27.7 Å². The van der Waals surface area contributed by atoms with Gasteiger partial charge in [0.05, 0.1) is 21.3 Å². The molecule has 0 bridgehead atoms. The van der Waals surface area contributed by atoms with E-state index in [0.29, 0.717) is 10.7 Å². The van der Waals surface area contributed by atoms with E-state index >= 15 is 0 Å². The Balaban J connectivity index is 3.30. The monoisotopic (exact) mass is 218 g/mol. The van der Waals surface area contributed by atoms with Crippen molar-refractivity contribution >= 4 is 34.8 Å². The molecule has 0 aliphatic rings. The number of hydrogen-bond acceptors (Lipinski definition) is 2. The highest BCUT2D eigenvalue weighted by molar-refractivity contribution is 6.38. The van der Waals surface area contributed by atoms with Crippen LogP contribution in [0.1, 0.15) is 10.4 Å². The second-order valence-electron chi connectivity index (χ2n) is 2.43. The molecular weight excluding hydrogens is 211 g/mol. The van der Waals surface area contributed by atoms with Gasteiger partial charge in [0, 0.05) is 7.05 Å². The molecule has 0 saturated carbocycles. The van der Waals surface area contributed by atoms with Gasteiger partial charge in [0.2, 0.25) is 5.91 Å². The van der Waals surface area contributed by atoms with Crippen LogP contribution in [0, 0.1) is 0 Å². The molecule has 0 unspecified atom stereocenters. The maximum Gasteiger partial charge on any atom is 0.250 e. The third-order valence-electron chi connectivity index (χ3n) is 1.59. The van der Waals surface area contributed by atoms with Crippen LogP contribution in [0.3, 0.4) is 0 Å². The topological polar surface area (TPSA) is 55.1 Å². The Hall–Kier alpha value is -0.930. The van der Waals surface area contributed by atoms with Gasteiger partial charge in [-0.3, -0.25) is 4.79 Å². The van der Waals surface area contributed by atoms with E-state index in [0.717, 1.165) is 0 Å². The zero-order valence-electron chi connectivity index (χ0n) is 6.90. The number of carbonyl (C=O) groups excluding carboxylic acids is 1. The Morgan fingerprint density at radius 3 is 2.46 bits per heavy atom. The summed E-state index contributed by atoms with van der Waals surface area (Å²) in [5, 5.41) is 3.54. The summed E-state index contributed by atoms with van der Waals surface area (Å²) >= 11 is 11.5. The number of rotatable bonds is 2. The molecule has 13 heavy (non-hydrogen) atoms. The van der Waals surface area contributed by atoms with Crippen molar-refractivity contribution < 1.29 is 4.79 Å².